The first-order chi connectivity index (χ1) is 8.24. The van der Waals surface area contributed by atoms with Crippen LogP contribution in [-0.2, 0) is 4.74 Å². The van der Waals surface area contributed by atoms with Crippen LogP contribution in [0.15, 0.2) is 11.4 Å². The van der Waals surface area contributed by atoms with Crippen molar-refractivity contribution in [1.82, 2.24) is 4.90 Å². The Morgan fingerprint density at radius 3 is 3.24 bits per heavy atom. The fraction of sp³-hybridized carbons (Fsp3) is 0.692. The summed E-state index contributed by atoms with van der Waals surface area (Å²) < 4.78 is 5.96. The van der Waals surface area contributed by atoms with Gasteiger partial charge in [-0.2, -0.15) is 0 Å². The number of nitrogens with two attached hydrogens (primary N) is 1. The van der Waals surface area contributed by atoms with Crippen molar-refractivity contribution in [3.63, 3.8) is 0 Å². The molecule has 2 aliphatic rings. The topological polar surface area (TPSA) is 38.5 Å². The van der Waals surface area contributed by atoms with Gasteiger partial charge in [0.2, 0.25) is 0 Å². The molecule has 1 aromatic rings. The van der Waals surface area contributed by atoms with Gasteiger partial charge in [0.05, 0.1) is 18.8 Å². The lowest BCUT2D eigenvalue weighted by Crippen LogP contribution is -2.49. The molecule has 3 nitrogen and oxygen atoms in total. The minimum Gasteiger partial charge on any atom is -0.373 e. The standard InChI is InChI=1S/C13H20N2OS/c1-9-5-10(8-17-9)13(14)12-6-15-4-2-3-11(15)7-16-12/h5,8,11-13H,2-4,6-7,14H2,1H3. The first-order valence-corrected chi connectivity index (χ1v) is 7.28. The molecule has 94 valence electrons. The molecule has 2 aliphatic heterocycles. The minimum absolute atomic E-state index is 0.0292. The SMILES string of the molecule is Cc1cc(C(N)C2CN3CCCC3CO2)cs1. The van der Waals surface area contributed by atoms with Crippen LogP contribution in [0.2, 0.25) is 0 Å². The summed E-state index contributed by atoms with van der Waals surface area (Å²) in [5.41, 5.74) is 7.55. The Balaban J connectivity index is 1.68. The summed E-state index contributed by atoms with van der Waals surface area (Å²) in [6, 6.07) is 2.87. The van der Waals surface area contributed by atoms with Gasteiger partial charge >= 0.3 is 0 Å². The quantitative estimate of drug-likeness (QED) is 0.874. The molecule has 2 N–H and O–H groups in total. The van der Waals surface area contributed by atoms with Gasteiger partial charge in [0.1, 0.15) is 0 Å². The monoisotopic (exact) mass is 252 g/mol. The molecule has 3 rings (SSSR count). The van der Waals surface area contributed by atoms with Gasteiger partial charge < -0.3 is 10.5 Å². The van der Waals surface area contributed by atoms with E-state index < -0.39 is 0 Å². The largest absolute Gasteiger partial charge is 0.373 e. The van der Waals surface area contributed by atoms with Gasteiger partial charge in [-0.1, -0.05) is 0 Å². The predicted molar refractivity (Wildman–Crippen MR) is 70.3 cm³/mol. The maximum Gasteiger partial charge on any atom is 0.0895 e. The fourth-order valence-corrected chi connectivity index (χ4v) is 3.66. The van der Waals surface area contributed by atoms with Gasteiger partial charge in [0, 0.05) is 17.5 Å². The maximum absolute atomic E-state index is 6.32. The average molecular weight is 252 g/mol. The summed E-state index contributed by atoms with van der Waals surface area (Å²) in [7, 11) is 0. The molecule has 17 heavy (non-hydrogen) atoms. The number of ether oxygens (including phenoxy) is 1. The predicted octanol–water partition coefficient (Wildman–Crippen LogP) is 1.92. The molecule has 0 amide bonds. The molecule has 2 saturated heterocycles. The van der Waals surface area contributed by atoms with Crippen LogP contribution in [-0.4, -0.2) is 36.7 Å². The van der Waals surface area contributed by atoms with Crippen molar-refractivity contribution in [1.29, 1.82) is 0 Å². The highest BCUT2D eigenvalue weighted by Gasteiger charge is 2.35. The summed E-state index contributed by atoms with van der Waals surface area (Å²) in [6.07, 6.45) is 2.77. The Hall–Kier alpha value is -0.420. The number of fused-ring (bicyclic) bond motifs is 1. The van der Waals surface area contributed by atoms with Crippen molar-refractivity contribution in [3.05, 3.63) is 21.9 Å². The van der Waals surface area contributed by atoms with Crippen molar-refractivity contribution >= 4 is 11.3 Å². The third kappa shape index (κ3) is 2.27. The number of nitrogens with zero attached hydrogens (tertiary/aromatic N) is 1. The smallest absolute Gasteiger partial charge is 0.0895 e. The van der Waals surface area contributed by atoms with Gasteiger partial charge in [-0.25, -0.2) is 0 Å². The maximum atomic E-state index is 6.32. The van der Waals surface area contributed by atoms with Crippen molar-refractivity contribution in [3.8, 4) is 0 Å². The van der Waals surface area contributed by atoms with E-state index in [-0.39, 0.29) is 12.1 Å². The molecule has 3 unspecified atom stereocenters. The molecule has 0 saturated carbocycles. The van der Waals surface area contributed by atoms with E-state index in [1.165, 1.54) is 29.8 Å². The van der Waals surface area contributed by atoms with Crippen molar-refractivity contribution in [2.45, 2.75) is 38.0 Å². The van der Waals surface area contributed by atoms with E-state index >= 15 is 0 Å². The summed E-state index contributed by atoms with van der Waals surface area (Å²) in [6.45, 7) is 5.21. The van der Waals surface area contributed by atoms with Crippen LogP contribution in [0.4, 0.5) is 0 Å². The van der Waals surface area contributed by atoms with Crippen LogP contribution in [0, 0.1) is 6.92 Å². The summed E-state index contributed by atoms with van der Waals surface area (Å²) in [4.78, 5) is 3.87. The van der Waals surface area contributed by atoms with Crippen molar-refractivity contribution in [2.24, 2.45) is 5.73 Å². The highest BCUT2D eigenvalue weighted by molar-refractivity contribution is 7.10. The normalized spacial score (nSPS) is 31.4. The number of aryl methyl sites for hydroxylation is 1. The number of morpholine rings is 1. The summed E-state index contributed by atoms with van der Waals surface area (Å²) in [5.74, 6) is 0. The molecule has 3 heterocycles. The molecule has 0 aromatic carbocycles. The second-order valence-corrected chi connectivity index (χ2v) is 6.29. The zero-order valence-corrected chi connectivity index (χ0v) is 11.1. The number of hydrogen-bond donors (Lipinski definition) is 1. The lowest BCUT2D eigenvalue weighted by atomic mass is 10.0. The second-order valence-electron chi connectivity index (χ2n) is 5.18. The first kappa shape index (κ1) is 11.7. The average Bonchev–Trinajstić information content (AvgIpc) is 2.95. The van der Waals surface area contributed by atoms with Gasteiger partial charge in [-0.15, -0.1) is 11.3 Å². The minimum atomic E-state index is 0.0292. The lowest BCUT2D eigenvalue weighted by molar-refractivity contribution is -0.0596. The highest BCUT2D eigenvalue weighted by Crippen LogP contribution is 2.29. The Morgan fingerprint density at radius 1 is 1.59 bits per heavy atom. The first-order valence-electron chi connectivity index (χ1n) is 6.40. The Kier molecular flexibility index (Phi) is 3.21. The van der Waals surface area contributed by atoms with Crippen LogP contribution >= 0.6 is 11.3 Å². The molecule has 2 fully saturated rings. The van der Waals surface area contributed by atoms with E-state index in [1.807, 2.05) is 0 Å². The van der Waals surface area contributed by atoms with E-state index in [0.717, 1.165) is 13.2 Å². The molecule has 0 spiro atoms. The molecule has 3 atom stereocenters. The van der Waals surface area contributed by atoms with E-state index in [0.29, 0.717) is 6.04 Å². The van der Waals surface area contributed by atoms with Gasteiger partial charge in [-0.3, -0.25) is 4.90 Å². The molecule has 0 bridgehead atoms. The van der Waals surface area contributed by atoms with E-state index in [2.05, 4.69) is 23.3 Å². The number of hydrogen-bond acceptors (Lipinski definition) is 4. The Bertz CT molecular complexity index is 393. The van der Waals surface area contributed by atoms with Crippen LogP contribution in [0.3, 0.4) is 0 Å². The lowest BCUT2D eigenvalue weighted by Gasteiger charge is -2.37. The second kappa shape index (κ2) is 4.69. The number of rotatable bonds is 2. The van der Waals surface area contributed by atoms with Gasteiger partial charge in [0.15, 0.2) is 0 Å². The third-order valence-electron chi connectivity index (χ3n) is 3.95. The van der Waals surface area contributed by atoms with Crippen molar-refractivity contribution < 1.29 is 4.74 Å². The molecule has 0 radical (unpaired) electrons. The molecule has 1 aromatic heterocycles. The van der Waals surface area contributed by atoms with Crippen molar-refractivity contribution in [2.75, 3.05) is 19.7 Å². The molecular weight excluding hydrogens is 232 g/mol. The number of thiophene rings is 1. The molecule has 0 aliphatic carbocycles. The van der Waals surface area contributed by atoms with Crippen LogP contribution < -0.4 is 5.73 Å². The zero-order valence-electron chi connectivity index (χ0n) is 10.3. The van der Waals surface area contributed by atoms with Crippen LogP contribution in [0.5, 0.6) is 0 Å². The van der Waals surface area contributed by atoms with Gasteiger partial charge in [-0.05, 0) is 43.3 Å². The van der Waals surface area contributed by atoms with E-state index in [4.69, 9.17) is 10.5 Å². The Labute approximate surface area is 107 Å². The summed E-state index contributed by atoms with van der Waals surface area (Å²) >= 11 is 1.77. The summed E-state index contributed by atoms with van der Waals surface area (Å²) in [5, 5.41) is 2.17. The fourth-order valence-electron chi connectivity index (χ4n) is 2.91. The molecular formula is C13H20N2OS. The van der Waals surface area contributed by atoms with E-state index in [9.17, 15) is 0 Å². The van der Waals surface area contributed by atoms with Gasteiger partial charge in [0.25, 0.3) is 0 Å². The van der Waals surface area contributed by atoms with Crippen LogP contribution in [0.25, 0.3) is 0 Å². The third-order valence-corrected chi connectivity index (χ3v) is 4.83. The highest BCUT2D eigenvalue weighted by atomic mass is 32.1. The Morgan fingerprint density at radius 2 is 2.47 bits per heavy atom. The van der Waals surface area contributed by atoms with E-state index in [1.54, 1.807) is 11.3 Å². The zero-order chi connectivity index (χ0) is 11.8. The van der Waals surface area contributed by atoms with Crippen LogP contribution in [0.1, 0.15) is 29.3 Å². The molecule has 4 heteroatoms.